The molecule has 2 heterocycles. The third kappa shape index (κ3) is 2.52. The maximum absolute atomic E-state index is 12.8. The molecule has 21 heavy (non-hydrogen) atoms. The van der Waals surface area contributed by atoms with Gasteiger partial charge >= 0.3 is 0 Å². The van der Waals surface area contributed by atoms with Gasteiger partial charge in [0.2, 0.25) is 10.0 Å². The molecule has 0 amide bonds. The first-order valence-electron chi connectivity index (χ1n) is 6.92. The number of ether oxygens (including phenoxy) is 1. The van der Waals surface area contributed by atoms with Gasteiger partial charge in [0.15, 0.2) is 0 Å². The number of aromatic nitrogens is 1. The van der Waals surface area contributed by atoms with E-state index in [4.69, 9.17) is 10.5 Å². The number of fused-ring (bicyclic) bond motifs is 1. The molecule has 1 aliphatic rings. The highest BCUT2D eigenvalue weighted by Gasteiger charge is 2.31. The third-order valence-corrected chi connectivity index (χ3v) is 5.98. The number of nitrogens with two attached hydrogens (primary N) is 1. The number of hydrogen-bond donors (Lipinski definition) is 2. The average molecular weight is 309 g/mol. The molecule has 0 unspecified atom stereocenters. The second kappa shape index (κ2) is 5.32. The molecule has 1 aromatic heterocycles. The summed E-state index contributed by atoms with van der Waals surface area (Å²) in [6, 6.07) is 5.21. The van der Waals surface area contributed by atoms with Crippen LogP contribution in [0.3, 0.4) is 0 Å². The van der Waals surface area contributed by atoms with E-state index in [-0.39, 0.29) is 10.9 Å². The predicted octanol–water partition coefficient (Wildman–Crippen LogP) is 1.55. The van der Waals surface area contributed by atoms with E-state index < -0.39 is 10.0 Å². The topological polar surface area (TPSA) is 88.4 Å². The summed E-state index contributed by atoms with van der Waals surface area (Å²) in [6.45, 7) is 1.21. The van der Waals surface area contributed by atoms with E-state index in [1.807, 2.05) is 0 Å². The van der Waals surface area contributed by atoms with Gasteiger partial charge in [-0.1, -0.05) is 0 Å². The number of hydrogen-bond acceptors (Lipinski definition) is 4. The number of rotatable bonds is 3. The Balaban J connectivity index is 2.01. The largest absolute Gasteiger partial charge is 0.399 e. The molecule has 114 valence electrons. The summed E-state index contributed by atoms with van der Waals surface area (Å²) in [5, 5.41) is 0.633. The summed E-state index contributed by atoms with van der Waals surface area (Å²) in [6.07, 6.45) is 2.98. The average Bonchev–Trinajstić information content (AvgIpc) is 2.91. The van der Waals surface area contributed by atoms with Gasteiger partial charge in [0.1, 0.15) is 4.90 Å². The Morgan fingerprint density at radius 1 is 1.33 bits per heavy atom. The summed E-state index contributed by atoms with van der Waals surface area (Å²) in [5.74, 6) is 0. The number of nitrogen functional groups attached to an aromatic ring is 1. The van der Waals surface area contributed by atoms with E-state index in [0.29, 0.717) is 24.3 Å². The lowest BCUT2D eigenvalue weighted by Crippen LogP contribution is -2.40. The molecule has 1 fully saturated rings. The van der Waals surface area contributed by atoms with E-state index in [1.165, 1.54) is 10.5 Å². The standard InChI is InChI=1S/C14H19N3O3S/c1-17(11-4-6-20-7-5-11)21(18,19)14-9-16-13-3-2-10(15)8-12(13)14/h2-3,8-9,11,16H,4-7,15H2,1H3. The van der Waals surface area contributed by atoms with Gasteiger partial charge in [0.05, 0.1) is 0 Å². The zero-order valence-electron chi connectivity index (χ0n) is 11.9. The van der Waals surface area contributed by atoms with Crippen molar-refractivity contribution in [1.82, 2.24) is 9.29 Å². The molecule has 0 bridgehead atoms. The number of nitrogens with zero attached hydrogens (tertiary/aromatic N) is 1. The molecule has 1 aliphatic heterocycles. The van der Waals surface area contributed by atoms with Gasteiger partial charge in [0, 0.05) is 49.1 Å². The van der Waals surface area contributed by atoms with Crippen molar-refractivity contribution in [3.63, 3.8) is 0 Å². The van der Waals surface area contributed by atoms with Crippen LogP contribution >= 0.6 is 0 Å². The van der Waals surface area contributed by atoms with Crippen molar-refractivity contribution in [1.29, 1.82) is 0 Å². The van der Waals surface area contributed by atoms with Crippen LogP contribution in [0, 0.1) is 0 Å². The number of aromatic amines is 1. The lowest BCUT2D eigenvalue weighted by atomic mass is 10.1. The fourth-order valence-corrected chi connectivity index (χ4v) is 4.29. The zero-order chi connectivity index (χ0) is 15.0. The van der Waals surface area contributed by atoms with Crippen LogP contribution in [0.4, 0.5) is 5.69 Å². The van der Waals surface area contributed by atoms with E-state index in [2.05, 4.69) is 4.98 Å². The first-order chi connectivity index (χ1) is 10.00. The Kier molecular flexibility index (Phi) is 3.64. The summed E-state index contributed by atoms with van der Waals surface area (Å²) in [5.41, 5.74) is 7.09. The van der Waals surface area contributed by atoms with Crippen molar-refractivity contribution < 1.29 is 13.2 Å². The highest BCUT2D eigenvalue weighted by Crippen LogP contribution is 2.29. The molecule has 1 saturated heterocycles. The van der Waals surface area contributed by atoms with Gasteiger partial charge in [-0.3, -0.25) is 0 Å². The zero-order valence-corrected chi connectivity index (χ0v) is 12.7. The monoisotopic (exact) mass is 309 g/mol. The molecule has 6 nitrogen and oxygen atoms in total. The van der Waals surface area contributed by atoms with Crippen LogP contribution < -0.4 is 5.73 Å². The van der Waals surface area contributed by atoms with Crippen LogP contribution in [-0.2, 0) is 14.8 Å². The molecular formula is C14H19N3O3S. The van der Waals surface area contributed by atoms with Crippen molar-refractivity contribution in [3.05, 3.63) is 24.4 Å². The normalized spacial score (nSPS) is 17.6. The van der Waals surface area contributed by atoms with Gasteiger partial charge in [-0.05, 0) is 31.0 Å². The van der Waals surface area contributed by atoms with Crippen molar-refractivity contribution in [2.24, 2.45) is 0 Å². The fraction of sp³-hybridized carbons (Fsp3) is 0.429. The summed E-state index contributed by atoms with van der Waals surface area (Å²) in [7, 11) is -1.91. The molecule has 0 radical (unpaired) electrons. The SMILES string of the molecule is CN(C1CCOCC1)S(=O)(=O)c1c[nH]c2ccc(N)cc12. The summed E-state index contributed by atoms with van der Waals surface area (Å²) >= 11 is 0. The van der Waals surface area contributed by atoms with Gasteiger partial charge in [-0.2, -0.15) is 4.31 Å². The van der Waals surface area contributed by atoms with Crippen LogP contribution in [0.2, 0.25) is 0 Å². The minimum atomic E-state index is -3.55. The van der Waals surface area contributed by atoms with Crippen molar-refractivity contribution in [3.8, 4) is 0 Å². The number of nitrogens with one attached hydrogen (secondary N) is 1. The van der Waals surface area contributed by atoms with Crippen LogP contribution in [0.15, 0.2) is 29.3 Å². The van der Waals surface area contributed by atoms with Gasteiger partial charge in [-0.15, -0.1) is 0 Å². The van der Waals surface area contributed by atoms with E-state index >= 15 is 0 Å². The number of H-pyrrole nitrogens is 1. The molecule has 3 rings (SSSR count). The minimum Gasteiger partial charge on any atom is -0.399 e. The van der Waals surface area contributed by atoms with Crippen LogP contribution in [0.5, 0.6) is 0 Å². The molecule has 0 aliphatic carbocycles. The second-order valence-electron chi connectivity index (χ2n) is 5.32. The smallest absolute Gasteiger partial charge is 0.245 e. The van der Waals surface area contributed by atoms with Crippen molar-refractivity contribution in [2.75, 3.05) is 26.0 Å². The Morgan fingerprint density at radius 2 is 2.05 bits per heavy atom. The molecule has 3 N–H and O–H groups in total. The maximum atomic E-state index is 12.8. The Hall–Kier alpha value is -1.57. The van der Waals surface area contributed by atoms with Crippen LogP contribution in [0.25, 0.3) is 10.9 Å². The molecule has 1 aromatic carbocycles. The Labute approximate surface area is 123 Å². The first kappa shape index (κ1) is 14.4. The van der Waals surface area contributed by atoms with Gasteiger partial charge in [-0.25, -0.2) is 8.42 Å². The fourth-order valence-electron chi connectivity index (χ4n) is 2.73. The van der Waals surface area contributed by atoms with Gasteiger partial charge < -0.3 is 15.5 Å². The molecule has 0 saturated carbocycles. The van der Waals surface area contributed by atoms with E-state index in [9.17, 15) is 8.42 Å². The molecular weight excluding hydrogens is 290 g/mol. The number of anilines is 1. The minimum absolute atomic E-state index is 0.0187. The molecule has 7 heteroatoms. The lowest BCUT2D eigenvalue weighted by Gasteiger charge is -2.30. The second-order valence-corrected chi connectivity index (χ2v) is 7.29. The lowest BCUT2D eigenvalue weighted by molar-refractivity contribution is 0.0632. The number of sulfonamides is 1. The summed E-state index contributed by atoms with van der Waals surface area (Å²) < 4.78 is 32.4. The maximum Gasteiger partial charge on any atom is 0.245 e. The predicted molar refractivity (Wildman–Crippen MR) is 81.5 cm³/mol. The number of benzene rings is 1. The van der Waals surface area contributed by atoms with E-state index in [0.717, 1.165) is 18.4 Å². The van der Waals surface area contributed by atoms with Gasteiger partial charge in [0.25, 0.3) is 0 Å². The quantitative estimate of drug-likeness (QED) is 0.842. The highest BCUT2D eigenvalue weighted by atomic mass is 32.2. The molecule has 2 aromatic rings. The third-order valence-electron chi connectivity index (χ3n) is 4.03. The molecule has 0 spiro atoms. The first-order valence-corrected chi connectivity index (χ1v) is 8.36. The Bertz CT molecular complexity index is 748. The van der Waals surface area contributed by atoms with Crippen LogP contribution in [-0.4, -0.2) is 44.0 Å². The highest BCUT2D eigenvalue weighted by molar-refractivity contribution is 7.89. The Morgan fingerprint density at radius 3 is 2.76 bits per heavy atom. The van der Waals surface area contributed by atoms with Crippen molar-refractivity contribution in [2.45, 2.75) is 23.8 Å². The van der Waals surface area contributed by atoms with E-state index in [1.54, 1.807) is 25.2 Å². The molecule has 0 atom stereocenters. The van der Waals surface area contributed by atoms with Crippen LogP contribution in [0.1, 0.15) is 12.8 Å². The summed E-state index contributed by atoms with van der Waals surface area (Å²) in [4.78, 5) is 3.27. The van der Waals surface area contributed by atoms with Crippen molar-refractivity contribution >= 4 is 26.6 Å².